The summed E-state index contributed by atoms with van der Waals surface area (Å²) in [4.78, 5) is 13.9. The molecule has 1 atom stereocenters. The first-order valence-electron chi connectivity index (χ1n) is 5.83. The summed E-state index contributed by atoms with van der Waals surface area (Å²) in [7, 11) is 1.95. The van der Waals surface area contributed by atoms with E-state index in [2.05, 4.69) is 5.32 Å². The fraction of sp³-hybridized carbons (Fsp3) is 0.909. The van der Waals surface area contributed by atoms with Gasteiger partial charge in [0.15, 0.2) is 0 Å². The van der Waals surface area contributed by atoms with Gasteiger partial charge >= 0.3 is 0 Å². The average molecular weight is 265 g/mol. The molecule has 0 aromatic carbocycles. The molecule has 0 radical (unpaired) electrons. The zero-order chi connectivity index (χ0) is 10.7. The van der Waals surface area contributed by atoms with E-state index in [1.165, 1.54) is 25.7 Å². The summed E-state index contributed by atoms with van der Waals surface area (Å²) in [6.45, 7) is 0.960. The molecule has 0 bridgehead atoms. The monoisotopic (exact) mass is 264 g/mol. The second-order valence-corrected chi connectivity index (χ2v) is 5.67. The number of likely N-dealkylation sites (N-methyl/N-ethyl adjacent to an activating group) is 1. The van der Waals surface area contributed by atoms with Gasteiger partial charge in [-0.25, -0.2) is 0 Å². The van der Waals surface area contributed by atoms with Crippen LogP contribution in [0.15, 0.2) is 0 Å². The van der Waals surface area contributed by atoms with E-state index in [9.17, 15) is 4.79 Å². The minimum Gasteiger partial charge on any atom is -0.344 e. The molecule has 3 nitrogen and oxygen atoms in total. The Hall–Kier alpha value is 0.0700. The molecule has 2 aliphatic rings. The van der Waals surface area contributed by atoms with E-state index in [0.29, 0.717) is 0 Å². The zero-order valence-corrected chi connectivity index (χ0v) is 11.4. The molecule has 1 saturated heterocycles. The number of carbonyl (C=O) groups excluding carboxylic acids is 1. The van der Waals surface area contributed by atoms with E-state index in [1.54, 1.807) is 0 Å². The third kappa shape index (κ3) is 3.54. The lowest BCUT2D eigenvalue weighted by Gasteiger charge is -2.23. The minimum absolute atomic E-state index is 0. The van der Waals surface area contributed by atoms with E-state index in [-0.39, 0.29) is 24.4 Å². The van der Waals surface area contributed by atoms with Gasteiger partial charge in [-0.15, -0.1) is 24.2 Å². The molecule has 1 N–H and O–H groups in total. The van der Waals surface area contributed by atoms with Crippen LogP contribution in [0.2, 0.25) is 0 Å². The Morgan fingerprint density at radius 2 is 2.12 bits per heavy atom. The van der Waals surface area contributed by atoms with Crippen molar-refractivity contribution in [2.24, 2.45) is 5.92 Å². The molecule has 2 fully saturated rings. The van der Waals surface area contributed by atoms with Crippen molar-refractivity contribution < 1.29 is 4.79 Å². The van der Waals surface area contributed by atoms with Crippen LogP contribution in [0.5, 0.6) is 0 Å². The minimum atomic E-state index is 0. The van der Waals surface area contributed by atoms with Gasteiger partial charge in [0, 0.05) is 25.2 Å². The first kappa shape index (κ1) is 14.1. The molecule has 1 heterocycles. The van der Waals surface area contributed by atoms with Crippen LogP contribution < -0.4 is 5.32 Å². The molecule has 0 spiro atoms. The molecule has 0 aromatic heterocycles. The third-order valence-corrected chi connectivity index (χ3v) is 4.34. The van der Waals surface area contributed by atoms with E-state index < -0.39 is 0 Å². The SMILES string of the molecule is CN(CC1CCCC1)C(=O)C1CSCN1.Cl. The number of hydrogen-bond acceptors (Lipinski definition) is 3. The van der Waals surface area contributed by atoms with Crippen molar-refractivity contribution in [2.75, 3.05) is 25.2 Å². The van der Waals surface area contributed by atoms with E-state index in [0.717, 1.165) is 24.1 Å². The van der Waals surface area contributed by atoms with Gasteiger partial charge in [-0.3, -0.25) is 10.1 Å². The molecule has 1 aliphatic heterocycles. The van der Waals surface area contributed by atoms with Crippen molar-refractivity contribution in [3.05, 3.63) is 0 Å². The predicted molar refractivity (Wildman–Crippen MR) is 71.1 cm³/mol. The fourth-order valence-electron chi connectivity index (χ4n) is 2.49. The standard InChI is InChI=1S/C11H20N2OS.ClH/c1-13(6-9-4-2-3-5-9)11(14)10-7-15-8-12-10;/h9-10,12H,2-8H2,1H3;1H. The lowest BCUT2D eigenvalue weighted by molar-refractivity contribution is -0.131. The van der Waals surface area contributed by atoms with Crippen LogP contribution in [0.1, 0.15) is 25.7 Å². The quantitative estimate of drug-likeness (QED) is 0.843. The van der Waals surface area contributed by atoms with Gasteiger partial charge in [-0.05, 0) is 18.8 Å². The van der Waals surface area contributed by atoms with Crippen LogP contribution in [-0.4, -0.2) is 42.1 Å². The van der Waals surface area contributed by atoms with Gasteiger partial charge in [-0.1, -0.05) is 12.8 Å². The fourth-order valence-corrected chi connectivity index (χ4v) is 3.42. The number of nitrogens with zero attached hydrogens (tertiary/aromatic N) is 1. The molecule has 1 unspecified atom stereocenters. The maximum absolute atomic E-state index is 12.0. The van der Waals surface area contributed by atoms with E-state index >= 15 is 0 Å². The van der Waals surface area contributed by atoms with Gasteiger partial charge in [0.1, 0.15) is 0 Å². The molecule has 2 rings (SSSR count). The Kier molecular flexibility index (Phi) is 5.94. The molecular weight excluding hydrogens is 244 g/mol. The molecule has 5 heteroatoms. The van der Waals surface area contributed by atoms with Crippen molar-refractivity contribution in [3.8, 4) is 0 Å². The highest BCUT2D eigenvalue weighted by molar-refractivity contribution is 7.99. The van der Waals surface area contributed by atoms with Crippen molar-refractivity contribution in [3.63, 3.8) is 0 Å². The number of hydrogen-bond donors (Lipinski definition) is 1. The number of thioether (sulfide) groups is 1. The van der Waals surface area contributed by atoms with Crippen LogP contribution in [-0.2, 0) is 4.79 Å². The Balaban J connectivity index is 0.00000128. The van der Waals surface area contributed by atoms with Crippen molar-refractivity contribution >= 4 is 30.1 Å². The molecule has 0 aromatic rings. The maximum Gasteiger partial charge on any atom is 0.240 e. The number of rotatable bonds is 3. The Labute approximate surface area is 108 Å². The molecule has 1 saturated carbocycles. The Bertz CT molecular complexity index is 228. The topological polar surface area (TPSA) is 32.3 Å². The maximum atomic E-state index is 12.0. The van der Waals surface area contributed by atoms with Gasteiger partial charge in [-0.2, -0.15) is 0 Å². The smallest absolute Gasteiger partial charge is 0.240 e. The summed E-state index contributed by atoms with van der Waals surface area (Å²) in [5, 5.41) is 3.23. The summed E-state index contributed by atoms with van der Waals surface area (Å²) >= 11 is 1.81. The van der Waals surface area contributed by atoms with Gasteiger partial charge < -0.3 is 4.90 Å². The first-order chi connectivity index (χ1) is 7.27. The molecule has 94 valence electrons. The number of nitrogens with one attached hydrogen (secondary N) is 1. The lowest BCUT2D eigenvalue weighted by atomic mass is 10.1. The summed E-state index contributed by atoms with van der Waals surface area (Å²) in [5.74, 6) is 2.90. The third-order valence-electron chi connectivity index (χ3n) is 3.40. The largest absolute Gasteiger partial charge is 0.344 e. The summed E-state index contributed by atoms with van der Waals surface area (Å²) in [6.07, 6.45) is 5.32. The van der Waals surface area contributed by atoms with Gasteiger partial charge in [0.05, 0.1) is 6.04 Å². The number of halogens is 1. The normalized spacial score (nSPS) is 25.4. The number of amides is 1. The van der Waals surface area contributed by atoms with Crippen LogP contribution in [0, 0.1) is 5.92 Å². The van der Waals surface area contributed by atoms with Crippen LogP contribution in [0.25, 0.3) is 0 Å². The first-order valence-corrected chi connectivity index (χ1v) is 6.99. The highest BCUT2D eigenvalue weighted by Gasteiger charge is 2.27. The molecule has 1 amide bonds. The second-order valence-electron chi connectivity index (χ2n) is 4.64. The van der Waals surface area contributed by atoms with Crippen molar-refractivity contribution in [1.82, 2.24) is 10.2 Å². The Morgan fingerprint density at radius 1 is 1.44 bits per heavy atom. The predicted octanol–water partition coefficient (Wildman–Crippen LogP) is 1.72. The lowest BCUT2D eigenvalue weighted by Crippen LogP contribution is -2.44. The van der Waals surface area contributed by atoms with Crippen LogP contribution >= 0.6 is 24.2 Å². The zero-order valence-electron chi connectivity index (χ0n) is 9.78. The van der Waals surface area contributed by atoms with E-state index in [4.69, 9.17) is 0 Å². The van der Waals surface area contributed by atoms with Crippen LogP contribution in [0.4, 0.5) is 0 Å². The van der Waals surface area contributed by atoms with Gasteiger partial charge in [0.25, 0.3) is 0 Å². The van der Waals surface area contributed by atoms with Crippen LogP contribution in [0.3, 0.4) is 0 Å². The number of carbonyl (C=O) groups is 1. The summed E-state index contributed by atoms with van der Waals surface area (Å²) in [5.41, 5.74) is 0. The molecule has 1 aliphatic carbocycles. The molecular formula is C11H21ClN2OS. The van der Waals surface area contributed by atoms with E-state index in [1.807, 2.05) is 23.7 Å². The second kappa shape index (κ2) is 6.72. The van der Waals surface area contributed by atoms with Gasteiger partial charge in [0.2, 0.25) is 5.91 Å². The summed E-state index contributed by atoms with van der Waals surface area (Å²) < 4.78 is 0. The van der Waals surface area contributed by atoms with Crippen molar-refractivity contribution in [2.45, 2.75) is 31.7 Å². The highest BCUT2D eigenvalue weighted by atomic mass is 35.5. The highest BCUT2D eigenvalue weighted by Crippen LogP contribution is 2.25. The average Bonchev–Trinajstić information content (AvgIpc) is 2.88. The van der Waals surface area contributed by atoms with Crippen molar-refractivity contribution in [1.29, 1.82) is 0 Å². The summed E-state index contributed by atoms with van der Waals surface area (Å²) in [6, 6.07) is 0.0707. The Morgan fingerprint density at radius 3 is 2.69 bits per heavy atom. The molecule has 16 heavy (non-hydrogen) atoms.